The molecule has 2 saturated carbocycles. The topological polar surface area (TPSA) is 46.2 Å². The molecule has 0 aliphatic heterocycles. The summed E-state index contributed by atoms with van der Waals surface area (Å²) in [6.07, 6.45) is 7.42. The average molecular weight is 294 g/mol. The fraction of sp³-hybridized carbons (Fsp3) is 1.00. The van der Waals surface area contributed by atoms with E-state index in [2.05, 4.69) is 5.32 Å². The summed E-state index contributed by atoms with van der Waals surface area (Å²) in [5.41, 5.74) is 0. The van der Waals surface area contributed by atoms with Crippen molar-refractivity contribution >= 4 is 21.4 Å². The van der Waals surface area contributed by atoms with Crippen molar-refractivity contribution in [2.24, 2.45) is 0 Å². The quantitative estimate of drug-likeness (QED) is 0.813. The standard InChI is InChI=1S/C13H24ClNO2S/c1-15-12-8-7-10(14)9-13(12)18(16,17)11-5-3-2-4-6-11/h10-13,15H,2-9H2,1H3. The van der Waals surface area contributed by atoms with E-state index < -0.39 is 9.84 Å². The first-order valence-corrected chi connectivity index (χ1v) is 9.14. The molecule has 0 aromatic rings. The maximum absolute atomic E-state index is 12.8. The number of hydrogen-bond acceptors (Lipinski definition) is 3. The van der Waals surface area contributed by atoms with Crippen LogP contribution in [0.25, 0.3) is 0 Å². The SMILES string of the molecule is CNC1CCC(Cl)CC1S(=O)(=O)C1CCCCC1. The summed E-state index contributed by atoms with van der Waals surface area (Å²) in [5.74, 6) is 0. The maximum atomic E-state index is 12.8. The molecular weight excluding hydrogens is 270 g/mol. The Morgan fingerprint density at radius 2 is 1.72 bits per heavy atom. The number of nitrogens with one attached hydrogen (secondary N) is 1. The molecule has 2 aliphatic rings. The number of alkyl halides is 1. The van der Waals surface area contributed by atoms with Crippen LogP contribution in [0.3, 0.4) is 0 Å². The fourth-order valence-electron chi connectivity index (χ4n) is 3.41. The minimum atomic E-state index is -3.03. The Labute approximate surface area is 116 Å². The molecule has 3 unspecified atom stereocenters. The molecule has 3 nitrogen and oxygen atoms in total. The second-order valence-corrected chi connectivity index (χ2v) is 8.76. The zero-order chi connectivity index (χ0) is 13.2. The number of halogens is 1. The van der Waals surface area contributed by atoms with Gasteiger partial charge in [-0.1, -0.05) is 19.3 Å². The highest BCUT2D eigenvalue weighted by Crippen LogP contribution is 2.34. The van der Waals surface area contributed by atoms with Crippen LogP contribution >= 0.6 is 11.6 Å². The van der Waals surface area contributed by atoms with Crippen molar-refractivity contribution in [3.63, 3.8) is 0 Å². The Hall–Kier alpha value is 0.200. The van der Waals surface area contributed by atoms with Crippen molar-refractivity contribution in [1.82, 2.24) is 5.32 Å². The van der Waals surface area contributed by atoms with Crippen molar-refractivity contribution < 1.29 is 8.42 Å². The van der Waals surface area contributed by atoms with Crippen LogP contribution in [0.5, 0.6) is 0 Å². The lowest BCUT2D eigenvalue weighted by molar-refractivity contribution is 0.385. The number of rotatable bonds is 3. The first kappa shape index (κ1) is 14.6. The van der Waals surface area contributed by atoms with Gasteiger partial charge in [0.1, 0.15) is 0 Å². The minimum absolute atomic E-state index is 0.0259. The van der Waals surface area contributed by atoms with Crippen LogP contribution in [0.1, 0.15) is 51.4 Å². The van der Waals surface area contributed by atoms with Gasteiger partial charge in [-0.15, -0.1) is 11.6 Å². The summed E-state index contributed by atoms with van der Waals surface area (Å²) in [6, 6.07) is 0.0897. The molecule has 0 amide bonds. The van der Waals surface area contributed by atoms with Gasteiger partial charge >= 0.3 is 0 Å². The summed E-state index contributed by atoms with van der Waals surface area (Å²) >= 11 is 6.19. The Morgan fingerprint density at radius 3 is 2.33 bits per heavy atom. The monoisotopic (exact) mass is 293 g/mol. The van der Waals surface area contributed by atoms with Gasteiger partial charge in [0.15, 0.2) is 9.84 Å². The van der Waals surface area contributed by atoms with Crippen molar-refractivity contribution in [3.05, 3.63) is 0 Å². The Kier molecular flexibility index (Phi) is 4.95. The van der Waals surface area contributed by atoms with E-state index in [0.717, 1.165) is 38.5 Å². The van der Waals surface area contributed by atoms with Gasteiger partial charge < -0.3 is 5.32 Å². The third kappa shape index (κ3) is 3.02. The van der Waals surface area contributed by atoms with Gasteiger partial charge in [-0.05, 0) is 39.2 Å². The highest BCUT2D eigenvalue weighted by molar-refractivity contribution is 7.92. The van der Waals surface area contributed by atoms with Crippen molar-refractivity contribution in [2.75, 3.05) is 7.05 Å². The highest BCUT2D eigenvalue weighted by atomic mass is 35.5. The zero-order valence-corrected chi connectivity index (χ0v) is 12.6. The van der Waals surface area contributed by atoms with Crippen molar-refractivity contribution in [2.45, 2.75) is 73.3 Å². The lowest BCUT2D eigenvalue weighted by Crippen LogP contribution is -2.50. The third-order valence-electron chi connectivity index (χ3n) is 4.54. The molecule has 0 heterocycles. The molecule has 18 heavy (non-hydrogen) atoms. The normalized spacial score (nSPS) is 35.6. The molecule has 3 atom stereocenters. The molecule has 2 fully saturated rings. The molecule has 106 valence electrons. The van der Waals surface area contributed by atoms with E-state index in [-0.39, 0.29) is 21.9 Å². The molecule has 0 radical (unpaired) electrons. The number of sulfone groups is 1. The summed E-state index contributed by atoms with van der Waals surface area (Å²) in [6.45, 7) is 0. The van der Waals surface area contributed by atoms with Crippen LogP contribution in [0.2, 0.25) is 0 Å². The maximum Gasteiger partial charge on any atom is 0.157 e. The summed E-state index contributed by atoms with van der Waals surface area (Å²) in [5, 5.41) is 2.82. The molecule has 0 aromatic heterocycles. The second-order valence-electron chi connectivity index (χ2n) is 5.69. The van der Waals surface area contributed by atoms with Gasteiger partial charge in [0, 0.05) is 11.4 Å². The van der Waals surface area contributed by atoms with Gasteiger partial charge in [0.2, 0.25) is 0 Å². The lowest BCUT2D eigenvalue weighted by atomic mass is 9.94. The average Bonchev–Trinajstić information content (AvgIpc) is 2.39. The van der Waals surface area contributed by atoms with E-state index in [1.807, 2.05) is 7.05 Å². The van der Waals surface area contributed by atoms with E-state index in [1.165, 1.54) is 6.42 Å². The molecule has 0 aromatic carbocycles. The largest absolute Gasteiger partial charge is 0.316 e. The Balaban J connectivity index is 2.15. The summed E-state index contributed by atoms with van der Waals surface area (Å²) < 4.78 is 25.5. The number of hydrogen-bond donors (Lipinski definition) is 1. The highest BCUT2D eigenvalue weighted by Gasteiger charge is 2.42. The molecule has 0 bridgehead atoms. The zero-order valence-electron chi connectivity index (χ0n) is 11.1. The van der Waals surface area contributed by atoms with Crippen molar-refractivity contribution in [3.8, 4) is 0 Å². The fourth-order valence-corrected chi connectivity index (χ4v) is 6.55. The van der Waals surface area contributed by atoms with Crippen LogP contribution in [-0.2, 0) is 9.84 Å². The molecule has 1 N–H and O–H groups in total. The molecule has 2 aliphatic carbocycles. The van der Waals surface area contributed by atoms with Crippen LogP contribution < -0.4 is 5.32 Å². The molecule has 2 rings (SSSR count). The minimum Gasteiger partial charge on any atom is -0.316 e. The van der Waals surface area contributed by atoms with Gasteiger partial charge in [0.05, 0.1) is 10.5 Å². The van der Waals surface area contributed by atoms with Crippen LogP contribution in [0, 0.1) is 0 Å². The first-order valence-electron chi connectivity index (χ1n) is 7.09. The van der Waals surface area contributed by atoms with E-state index >= 15 is 0 Å². The summed E-state index contributed by atoms with van der Waals surface area (Å²) in [7, 11) is -1.16. The Morgan fingerprint density at radius 1 is 1.06 bits per heavy atom. The van der Waals surface area contributed by atoms with E-state index in [9.17, 15) is 8.42 Å². The Bertz CT molecular complexity index is 365. The second kappa shape index (κ2) is 6.10. The van der Waals surface area contributed by atoms with Crippen LogP contribution in [-0.4, -0.2) is 37.4 Å². The smallest absolute Gasteiger partial charge is 0.157 e. The van der Waals surface area contributed by atoms with Crippen molar-refractivity contribution in [1.29, 1.82) is 0 Å². The van der Waals surface area contributed by atoms with Gasteiger partial charge in [-0.3, -0.25) is 0 Å². The van der Waals surface area contributed by atoms with Crippen LogP contribution in [0.4, 0.5) is 0 Å². The molecule has 0 spiro atoms. The first-order chi connectivity index (χ1) is 8.55. The lowest BCUT2D eigenvalue weighted by Gasteiger charge is -2.36. The van der Waals surface area contributed by atoms with E-state index in [1.54, 1.807) is 0 Å². The predicted octanol–water partition coefficient (Wildman–Crippen LogP) is 2.48. The van der Waals surface area contributed by atoms with E-state index in [0.29, 0.717) is 6.42 Å². The van der Waals surface area contributed by atoms with Crippen LogP contribution in [0.15, 0.2) is 0 Å². The molecule has 5 heteroatoms. The third-order valence-corrected chi connectivity index (χ3v) is 7.70. The predicted molar refractivity (Wildman–Crippen MR) is 75.9 cm³/mol. The van der Waals surface area contributed by atoms with Gasteiger partial charge in [0.25, 0.3) is 0 Å². The molecular formula is C13H24ClNO2S. The van der Waals surface area contributed by atoms with Gasteiger partial charge in [-0.25, -0.2) is 8.42 Å². The van der Waals surface area contributed by atoms with Gasteiger partial charge in [-0.2, -0.15) is 0 Å². The molecule has 0 saturated heterocycles. The summed E-state index contributed by atoms with van der Waals surface area (Å²) in [4.78, 5) is 0. The van der Waals surface area contributed by atoms with E-state index in [4.69, 9.17) is 11.6 Å².